The van der Waals surface area contributed by atoms with E-state index in [0.717, 1.165) is 6.42 Å². The Kier molecular flexibility index (Phi) is 3.53. The smallest absolute Gasteiger partial charge is 0.0596 e. The lowest BCUT2D eigenvalue weighted by atomic mass is 9.79. The summed E-state index contributed by atoms with van der Waals surface area (Å²) in [7, 11) is 0. The van der Waals surface area contributed by atoms with Crippen molar-refractivity contribution in [3.05, 3.63) is 34.4 Å². The van der Waals surface area contributed by atoms with E-state index >= 15 is 0 Å². The molecule has 0 radical (unpaired) electrons. The SMILES string of the molecule is CC(C)c1cc(C(C)C)c2c(c1)C(Cl)CC2(C)C. The topological polar surface area (TPSA) is 0 Å². The summed E-state index contributed by atoms with van der Waals surface area (Å²) in [5.74, 6) is 1.14. The van der Waals surface area contributed by atoms with Crippen molar-refractivity contribution < 1.29 is 0 Å². The van der Waals surface area contributed by atoms with Crippen molar-refractivity contribution in [1.82, 2.24) is 0 Å². The number of alkyl halides is 1. The van der Waals surface area contributed by atoms with Crippen LogP contribution in [-0.4, -0.2) is 0 Å². The fourth-order valence-corrected chi connectivity index (χ4v) is 3.75. The van der Waals surface area contributed by atoms with Crippen LogP contribution in [-0.2, 0) is 5.41 Å². The molecular weight excluding hydrogens is 240 g/mol. The van der Waals surface area contributed by atoms with E-state index in [9.17, 15) is 0 Å². The van der Waals surface area contributed by atoms with E-state index in [2.05, 4.69) is 53.7 Å². The molecule has 0 saturated carbocycles. The van der Waals surface area contributed by atoms with Crippen LogP contribution in [0.15, 0.2) is 12.1 Å². The van der Waals surface area contributed by atoms with Gasteiger partial charge in [0.05, 0.1) is 5.38 Å². The Labute approximate surface area is 117 Å². The number of halogens is 1. The molecule has 0 bridgehead atoms. The Morgan fingerprint density at radius 2 is 1.72 bits per heavy atom. The van der Waals surface area contributed by atoms with Crippen LogP contribution in [0.1, 0.15) is 87.4 Å². The first-order valence-corrected chi connectivity index (χ1v) is 7.50. The molecule has 18 heavy (non-hydrogen) atoms. The maximum Gasteiger partial charge on any atom is 0.0596 e. The summed E-state index contributed by atoms with van der Waals surface area (Å²) in [5, 5.41) is 0.186. The average Bonchev–Trinajstić information content (AvgIpc) is 2.48. The largest absolute Gasteiger partial charge is 0.118 e. The number of benzene rings is 1. The Morgan fingerprint density at radius 3 is 2.22 bits per heavy atom. The van der Waals surface area contributed by atoms with E-state index in [0.29, 0.717) is 11.8 Å². The molecule has 1 aromatic carbocycles. The van der Waals surface area contributed by atoms with E-state index in [1.54, 1.807) is 0 Å². The molecule has 2 rings (SSSR count). The van der Waals surface area contributed by atoms with E-state index in [1.807, 2.05) is 0 Å². The minimum atomic E-state index is 0.186. The van der Waals surface area contributed by atoms with Crippen molar-refractivity contribution in [3.63, 3.8) is 0 Å². The standard InChI is InChI=1S/C17H25Cl/c1-10(2)12-7-13(11(3)4)16-14(8-12)15(18)9-17(16,5)6/h7-8,10-11,15H,9H2,1-6H3. The molecule has 0 aromatic heterocycles. The molecular formula is C17H25Cl. The Morgan fingerprint density at radius 1 is 1.11 bits per heavy atom. The second-order valence-electron chi connectivity index (χ2n) is 6.94. The Balaban J connectivity index is 2.69. The molecule has 0 aliphatic heterocycles. The molecule has 1 heteroatoms. The molecule has 0 nitrogen and oxygen atoms in total. The minimum absolute atomic E-state index is 0.186. The Hall–Kier alpha value is -0.490. The van der Waals surface area contributed by atoms with Crippen molar-refractivity contribution in [2.75, 3.05) is 0 Å². The van der Waals surface area contributed by atoms with Crippen LogP contribution >= 0.6 is 11.6 Å². The predicted molar refractivity (Wildman–Crippen MR) is 80.9 cm³/mol. The van der Waals surface area contributed by atoms with Gasteiger partial charge in [-0.1, -0.05) is 53.7 Å². The highest BCUT2D eigenvalue weighted by molar-refractivity contribution is 6.21. The third-order valence-electron chi connectivity index (χ3n) is 4.21. The number of fused-ring (bicyclic) bond motifs is 1. The van der Waals surface area contributed by atoms with Crippen molar-refractivity contribution in [2.24, 2.45) is 0 Å². The molecule has 0 N–H and O–H groups in total. The Bertz CT molecular complexity index is 455. The van der Waals surface area contributed by atoms with Gasteiger partial charge in [-0.2, -0.15) is 0 Å². The first-order valence-electron chi connectivity index (χ1n) is 7.06. The van der Waals surface area contributed by atoms with Crippen molar-refractivity contribution in [3.8, 4) is 0 Å². The summed E-state index contributed by atoms with van der Waals surface area (Å²) in [6, 6.07) is 4.75. The highest BCUT2D eigenvalue weighted by Crippen LogP contribution is 2.51. The van der Waals surface area contributed by atoms with Crippen LogP contribution < -0.4 is 0 Å². The van der Waals surface area contributed by atoms with Crippen molar-refractivity contribution in [1.29, 1.82) is 0 Å². The zero-order chi connectivity index (χ0) is 13.7. The van der Waals surface area contributed by atoms with Crippen LogP contribution in [0, 0.1) is 0 Å². The lowest BCUT2D eigenvalue weighted by molar-refractivity contribution is 0.510. The molecule has 1 unspecified atom stereocenters. The fraction of sp³-hybridized carbons (Fsp3) is 0.647. The summed E-state index contributed by atoms with van der Waals surface area (Å²) in [6.45, 7) is 13.8. The molecule has 0 amide bonds. The number of hydrogen-bond donors (Lipinski definition) is 0. The first-order chi connectivity index (χ1) is 8.24. The van der Waals surface area contributed by atoms with Gasteiger partial charge in [-0.3, -0.25) is 0 Å². The van der Waals surface area contributed by atoms with E-state index in [1.165, 1.54) is 22.3 Å². The zero-order valence-corrected chi connectivity index (χ0v) is 13.2. The summed E-state index contributed by atoms with van der Waals surface area (Å²) in [4.78, 5) is 0. The highest BCUT2D eigenvalue weighted by Gasteiger charge is 2.38. The molecule has 1 aliphatic carbocycles. The second kappa shape index (κ2) is 4.56. The van der Waals surface area contributed by atoms with Crippen LogP contribution in [0.2, 0.25) is 0 Å². The normalized spacial score (nSPS) is 21.7. The van der Waals surface area contributed by atoms with Gasteiger partial charge in [0, 0.05) is 0 Å². The van der Waals surface area contributed by atoms with E-state index in [-0.39, 0.29) is 10.8 Å². The van der Waals surface area contributed by atoms with Crippen LogP contribution in [0.3, 0.4) is 0 Å². The van der Waals surface area contributed by atoms with Crippen LogP contribution in [0.25, 0.3) is 0 Å². The summed E-state index contributed by atoms with van der Waals surface area (Å²) in [5.41, 5.74) is 6.06. The van der Waals surface area contributed by atoms with Gasteiger partial charge in [-0.05, 0) is 45.9 Å². The van der Waals surface area contributed by atoms with Crippen LogP contribution in [0.4, 0.5) is 0 Å². The molecule has 0 fully saturated rings. The number of rotatable bonds is 2. The van der Waals surface area contributed by atoms with Crippen molar-refractivity contribution in [2.45, 2.75) is 70.6 Å². The molecule has 0 spiro atoms. The fourth-order valence-electron chi connectivity index (χ4n) is 3.19. The third kappa shape index (κ3) is 2.20. The highest BCUT2D eigenvalue weighted by atomic mass is 35.5. The van der Waals surface area contributed by atoms with Crippen molar-refractivity contribution >= 4 is 11.6 Å². The van der Waals surface area contributed by atoms with Gasteiger partial charge >= 0.3 is 0 Å². The molecule has 100 valence electrons. The molecule has 0 heterocycles. The quantitative estimate of drug-likeness (QED) is 0.584. The summed E-state index contributed by atoms with van der Waals surface area (Å²) < 4.78 is 0. The van der Waals surface area contributed by atoms with Crippen LogP contribution in [0.5, 0.6) is 0 Å². The molecule has 0 saturated heterocycles. The predicted octanol–water partition coefficient (Wildman–Crippen LogP) is 5.89. The molecule has 1 aromatic rings. The van der Waals surface area contributed by atoms with E-state index < -0.39 is 0 Å². The average molecular weight is 265 g/mol. The zero-order valence-electron chi connectivity index (χ0n) is 12.5. The monoisotopic (exact) mass is 264 g/mol. The third-order valence-corrected chi connectivity index (χ3v) is 4.60. The minimum Gasteiger partial charge on any atom is -0.118 e. The van der Waals surface area contributed by atoms with Gasteiger partial charge in [-0.15, -0.1) is 11.6 Å². The van der Waals surface area contributed by atoms with Gasteiger partial charge in [0.15, 0.2) is 0 Å². The molecule has 1 aliphatic rings. The summed E-state index contributed by atoms with van der Waals surface area (Å²) in [6.07, 6.45) is 1.06. The first kappa shape index (κ1) is 13.9. The lowest BCUT2D eigenvalue weighted by Crippen LogP contribution is -2.15. The molecule has 1 atom stereocenters. The van der Waals surface area contributed by atoms with Gasteiger partial charge in [-0.25, -0.2) is 0 Å². The van der Waals surface area contributed by atoms with Gasteiger partial charge < -0.3 is 0 Å². The van der Waals surface area contributed by atoms with Gasteiger partial charge in [0.1, 0.15) is 0 Å². The maximum absolute atomic E-state index is 6.58. The van der Waals surface area contributed by atoms with E-state index in [4.69, 9.17) is 11.6 Å². The second-order valence-corrected chi connectivity index (χ2v) is 7.47. The number of hydrogen-bond acceptors (Lipinski definition) is 0. The van der Waals surface area contributed by atoms with Gasteiger partial charge in [0.2, 0.25) is 0 Å². The maximum atomic E-state index is 6.58. The van der Waals surface area contributed by atoms with Gasteiger partial charge in [0.25, 0.3) is 0 Å². The summed E-state index contributed by atoms with van der Waals surface area (Å²) >= 11 is 6.58. The lowest BCUT2D eigenvalue weighted by Gasteiger charge is -2.25.